The predicted octanol–water partition coefficient (Wildman–Crippen LogP) is 4.29. The molecule has 1 atom stereocenters. The first kappa shape index (κ1) is 16.5. The molecule has 3 heteroatoms. The van der Waals surface area contributed by atoms with Gasteiger partial charge < -0.3 is 11.1 Å². The quantitative estimate of drug-likeness (QED) is 0.806. The van der Waals surface area contributed by atoms with E-state index in [1.807, 2.05) is 26.0 Å². The van der Waals surface area contributed by atoms with Crippen molar-refractivity contribution in [3.63, 3.8) is 0 Å². The molecule has 3 nitrogen and oxygen atoms in total. The Labute approximate surface area is 122 Å². The maximum atomic E-state index is 12.1. The SMILES string of the molecule is Cc1cc(NC(=O)CC(C)CC(C)(C)C)c(C)cc1N. The second-order valence-corrected chi connectivity index (χ2v) is 7.15. The average Bonchev–Trinajstić information content (AvgIpc) is 2.22. The lowest BCUT2D eigenvalue weighted by molar-refractivity contribution is -0.117. The Bertz CT molecular complexity index is 486. The summed E-state index contributed by atoms with van der Waals surface area (Å²) in [6.07, 6.45) is 1.60. The minimum absolute atomic E-state index is 0.0778. The van der Waals surface area contributed by atoms with E-state index in [4.69, 9.17) is 5.73 Å². The van der Waals surface area contributed by atoms with Crippen LogP contribution >= 0.6 is 0 Å². The maximum Gasteiger partial charge on any atom is 0.224 e. The zero-order valence-corrected chi connectivity index (χ0v) is 13.6. The van der Waals surface area contributed by atoms with Crippen LogP contribution in [-0.2, 0) is 4.79 Å². The Morgan fingerprint density at radius 3 is 2.40 bits per heavy atom. The molecule has 1 aromatic carbocycles. The highest BCUT2D eigenvalue weighted by Gasteiger charge is 2.18. The predicted molar refractivity (Wildman–Crippen MR) is 86.8 cm³/mol. The Kier molecular flexibility index (Phi) is 5.21. The topological polar surface area (TPSA) is 55.1 Å². The number of aryl methyl sites for hydroxylation is 2. The van der Waals surface area contributed by atoms with Crippen LogP contribution in [-0.4, -0.2) is 5.91 Å². The van der Waals surface area contributed by atoms with Crippen LogP contribution in [0.1, 0.15) is 51.7 Å². The molecule has 3 N–H and O–H groups in total. The number of hydrogen-bond donors (Lipinski definition) is 2. The molecule has 0 aromatic heterocycles. The molecule has 1 rings (SSSR count). The van der Waals surface area contributed by atoms with Gasteiger partial charge in [-0.1, -0.05) is 27.7 Å². The highest BCUT2D eigenvalue weighted by molar-refractivity contribution is 5.92. The fraction of sp³-hybridized carbons (Fsp3) is 0.588. The van der Waals surface area contributed by atoms with Crippen molar-refractivity contribution < 1.29 is 4.79 Å². The fourth-order valence-electron chi connectivity index (χ4n) is 2.61. The zero-order chi connectivity index (χ0) is 15.5. The molecule has 1 amide bonds. The third-order valence-corrected chi connectivity index (χ3v) is 3.38. The molecule has 0 saturated carbocycles. The van der Waals surface area contributed by atoms with Crippen LogP contribution in [0.4, 0.5) is 11.4 Å². The van der Waals surface area contributed by atoms with E-state index in [9.17, 15) is 4.79 Å². The molecule has 0 radical (unpaired) electrons. The van der Waals surface area contributed by atoms with Gasteiger partial charge in [-0.3, -0.25) is 4.79 Å². The van der Waals surface area contributed by atoms with Crippen LogP contribution in [0.3, 0.4) is 0 Å². The van der Waals surface area contributed by atoms with Crippen molar-refractivity contribution in [1.82, 2.24) is 0 Å². The van der Waals surface area contributed by atoms with Crippen molar-refractivity contribution in [2.24, 2.45) is 11.3 Å². The number of nitrogens with two attached hydrogens (primary N) is 1. The molecule has 112 valence electrons. The number of carbonyl (C=O) groups excluding carboxylic acids is 1. The maximum absolute atomic E-state index is 12.1. The van der Waals surface area contributed by atoms with Crippen LogP contribution in [0.2, 0.25) is 0 Å². The monoisotopic (exact) mass is 276 g/mol. The van der Waals surface area contributed by atoms with Gasteiger partial charge in [0.1, 0.15) is 0 Å². The summed E-state index contributed by atoms with van der Waals surface area (Å²) in [5.41, 5.74) is 9.74. The number of anilines is 2. The van der Waals surface area contributed by atoms with Crippen molar-refractivity contribution in [1.29, 1.82) is 0 Å². The van der Waals surface area contributed by atoms with Gasteiger partial charge in [0.25, 0.3) is 0 Å². The molecular formula is C17H28N2O. The summed E-state index contributed by atoms with van der Waals surface area (Å²) < 4.78 is 0. The molecule has 0 aliphatic carbocycles. The van der Waals surface area contributed by atoms with Gasteiger partial charge in [0.05, 0.1) is 0 Å². The highest BCUT2D eigenvalue weighted by atomic mass is 16.1. The molecule has 0 spiro atoms. The number of hydrogen-bond acceptors (Lipinski definition) is 2. The van der Waals surface area contributed by atoms with Gasteiger partial charge in [0, 0.05) is 17.8 Å². The van der Waals surface area contributed by atoms with E-state index in [1.54, 1.807) is 0 Å². The van der Waals surface area contributed by atoms with Gasteiger partial charge in [-0.25, -0.2) is 0 Å². The first-order valence-electron chi connectivity index (χ1n) is 7.25. The summed E-state index contributed by atoms with van der Waals surface area (Å²) in [5, 5.41) is 3.00. The molecule has 0 aliphatic rings. The first-order valence-corrected chi connectivity index (χ1v) is 7.25. The molecule has 0 saturated heterocycles. The molecule has 0 fully saturated rings. The third-order valence-electron chi connectivity index (χ3n) is 3.38. The van der Waals surface area contributed by atoms with Crippen LogP contribution in [0.15, 0.2) is 12.1 Å². The average molecular weight is 276 g/mol. The van der Waals surface area contributed by atoms with Gasteiger partial charge >= 0.3 is 0 Å². The Morgan fingerprint density at radius 1 is 1.25 bits per heavy atom. The van der Waals surface area contributed by atoms with Crippen LogP contribution in [0.25, 0.3) is 0 Å². The van der Waals surface area contributed by atoms with Gasteiger partial charge in [0.2, 0.25) is 5.91 Å². The second-order valence-electron chi connectivity index (χ2n) is 7.15. The zero-order valence-electron chi connectivity index (χ0n) is 13.6. The summed E-state index contributed by atoms with van der Waals surface area (Å²) in [6, 6.07) is 3.85. The summed E-state index contributed by atoms with van der Waals surface area (Å²) >= 11 is 0. The molecule has 0 aliphatic heterocycles. The number of rotatable bonds is 4. The lowest BCUT2D eigenvalue weighted by Gasteiger charge is -2.23. The lowest BCUT2D eigenvalue weighted by Crippen LogP contribution is -2.19. The van der Waals surface area contributed by atoms with E-state index in [1.165, 1.54) is 0 Å². The molecular weight excluding hydrogens is 248 g/mol. The molecule has 0 bridgehead atoms. The van der Waals surface area contributed by atoms with Crippen LogP contribution in [0, 0.1) is 25.2 Å². The summed E-state index contributed by atoms with van der Waals surface area (Å²) in [6.45, 7) is 12.7. The van der Waals surface area contributed by atoms with Crippen molar-refractivity contribution in [3.05, 3.63) is 23.3 Å². The van der Waals surface area contributed by atoms with E-state index in [-0.39, 0.29) is 11.3 Å². The second kappa shape index (κ2) is 6.29. The van der Waals surface area contributed by atoms with Gasteiger partial charge in [0.15, 0.2) is 0 Å². The smallest absolute Gasteiger partial charge is 0.224 e. The van der Waals surface area contributed by atoms with Crippen molar-refractivity contribution in [3.8, 4) is 0 Å². The Morgan fingerprint density at radius 2 is 1.85 bits per heavy atom. The Balaban J connectivity index is 2.65. The van der Waals surface area contributed by atoms with Crippen molar-refractivity contribution in [2.45, 2.75) is 54.4 Å². The third kappa shape index (κ3) is 5.24. The van der Waals surface area contributed by atoms with E-state index in [2.05, 4.69) is 33.0 Å². The van der Waals surface area contributed by atoms with Crippen LogP contribution in [0.5, 0.6) is 0 Å². The highest BCUT2D eigenvalue weighted by Crippen LogP contribution is 2.27. The summed E-state index contributed by atoms with van der Waals surface area (Å²) in [7, 11) is 0. The van der Waals surface area contributed by atoms with E-state index < -0.39 is 0 Å². The summed E-state index contributed by atoms with van der Waals surface area (Å²) in [4.78, 5) is 12.1. The number of nitrogen functional groups attached to an aromatic ring is 1. The van der Waals surface area contributed by atoms with Gasteiger partial charge in [-0.2, -0.15) is 0 Å². The minimum atomic E-state index is 0.0778. The molecule has 1 aromatic rings. The Hall–Kier alpha value is -1.51. The van der Waals surface area contributed by atoms with Gasteiger partial charge in [-0.15, -0.1) is 0 Å². The molecule has 1 unspecified atom stereocenters. The summed E-state index contributed by atoms with van der Waals surface area (Å²) in [5.74, 6) is 0.458. The normalized spacial score (nSPS) is 13.1. The number of amides is 1. The largest absolute Gasteiger partial charge is 0.399 e. The number of carbonyl (C=O) groups is 1. The number of nitrogens with one attached hydrogen (secondary N) is 1. The lowest BCUT2D eigenvalue weighted by atomic mass is 9.84. The van der Waals surface area contributed by atoms with Crippen molar-refractivity contribution in [2.75, 3.05) is 11.1 Å². The first-order chi connectivity index (χ1) is 9.08. The van der Waals surface area contributed by atoms with Crippen molar-refractivity contribution >= 4 is 17.3 Å². The molecule has 20 heavy (non-hydrogen) atoms. The van der Waals surface area contributed by atoms with E-state index >= 15 is 0 Å². The van der Waals surface area contributed by atoms with Crippen LogP contribution < -0.4 is 11.1 Å². The standard InChI is InChI=1S/C17H28N2O/c1-11(10-17(4,5)6)7-16(20)19-15-9-12(2)14(18)8-13(15)3/h8-9,11H,7,10,18H2,1-6H3,(H,19,20). The van der Waals surface area contributed by atoms with E-state index in [0.717, 1.165) is 28.9 Å². The number of benzene rings is 1. The minimum Gasteiger partial charge on any atom is -0.399 e. The van der Waals surface area contributed by atoms with E-state index in [0.29, 0.717) is 12.3 Å². The fourth-order valence-corrected chi connectivity index (χ4v) is 2.61. The molecule has 0 heterocycles. The van der Waals surface area contributed by atoms with Gasteiger partial charge in [-0.05, 0) is 54.9 Å².